The highest BCUT2D eigenvalue weighted by Crippen LogP contribution is 2.34. The van der Waals surface area contributed by atoms with Crippen molar-refractivity contribution in [3.05, 3.63) is 49.6 Å². The van der Waals surface area contributed by atoms with Gasteiger partial charge in [-0.2, -0.15) is 0 Å². The van der Waals surface area contributed by atoms with Crippen molar-refractivity contribution >= 4 is 38.9 Å². The molecular weight excluding hydrogens is 358 g/mol. The molecule has 0 spiro atoms. The number of rotatable bonds is 6. The molecule has 1 atom stereocenters. The highest BCUT2D eigenvalue weighted by atomic mass is 79.9. The second-order valence-electron chi connectivity index (χ2n) is 4.40. The molecule has 1 N–H and O–H groups in total. The Labute approximate surface area is 137 Å². The summed E-state index contributed by atoms with van der Waals surface area (Å²) in [4.78, 5) is 1.22. The molecule has 20 heavy (non-hydrogen) atoms. The van der Waals surface area contributed by atoms with Crippen LogP contribution in [-0.2, 0) is 6.42 Å². The van der Waals surface area contributed by atoms with Crippen molar-refractivity contribution in [2.24, 2.45) is 0 Å². The molecule has 5 heteroatoms. The molecule has 2 nitrogen and oxygen atoms in total. The van der Waals surface area contributed by atoms with E-state index >= 15 is 0 Å². The SMILES string of the molecule is CCNC(Cc1ccc(Br)cc1Cl)c1sccc1OC. The number of ether oxygens (including phenoxy) is 1. The quantitative estimate of drug-likeness (QED) is 0.762. The number of hydrogen-bond acceptors (Lipinski definition) is 3. The van der Waals surface area contributed by atoms with Crippen LogP contribution in [0.2, 0.25) is 5.02 Å². The maximum absolute atomic E-state index is 6.32. The zero-order valence-corrected chi connectivity index (χ0v) is 14.6. The maximum atomic E-state index is 6.32. The van der Waals surface area contributed by atoms with E-state index in [1.807, 2.05) is 18.2 Å². The van der Waals surface area contributed by atoms with Crippen molar-refractivity contribution in [1.82, 2.24) is 5.32 Å². The summed E-state index contributed by atoms with van der Waals surface area (Å²) in [7, 11) is 1.71. The Bertz CT molecular complexity index is 573. The first-order valence-corrected chi connectivity index (χ1v) is 8.49. The summed E-state index contributed by atoms with van der Waals surface area (Å²) in [5.74, 6) is 0.939. The fourth-order valence-corrected chi connectivity index (χ4v) is 3.83. The summed E-state index contributed by atoms with van der Waals surface area (Å²) >= 11 is 11.5. The van der Waals surface area contributed by atoms with Crippen LogP contribution in [-0.4, -0.2) is 13.7 Å². The van der Waals surface area contributed by atoms with Crippen molar-refractivity contribution in [3.63, 3.8) is 0 Å². The van der Waals surface area contributed by atoms with Gasteiger partial charge in [0.25, 0.3) is 0 Å². The fraction of sp³-hybridized carbons (Fsp3) is 0.333. The summed E-state index contributed by atoms with van der Waals surface area (Å²) in [5.41, 5.74) is 1.14. The molecule has 0 saturated heterocycles. The van der Waals surface area contributed by atoms with Crippen molar-refractivity contribution in [2.75, 3.05) is 13.7 Å². The van der Waals surface area contributed by atoms with Crippen molar-refractivity contribution in [2.45, 2.75) is 19.4 Å². The van der Waals surface area contributed by atoms with E-state index in [4.69, 9.17) is 16.3 Å². The Morgan fingerprint density at radius 2 is 2.20 bits per heavy atom. The lowest BCUT2D eigenvalue weighted by Crippen LogP contribution is -2.22. The van der Waals surface area contributed by atoms with Gasteiger partial charge in [-0.1, -0.05) is 40.5 Å². The van der Waals surface area contributed by atoms with Gasteiger partial charge in [-0.25, -0.2) is 0 Å². The largest absolute Gasteiger partial charge is 0.496 e. The number of hydrogen-bond donors (Lipinski definition) is 1. The Kier molecular flexibility index (Phi) is 5.90. The fourth-order valence-electron chi connectivity index (χ4n) is 2.14. The van der Waals surface area contributed by atoms with Gasteiger partial charge in [0.05, 0.1) is 12.0 Å². The lowest BCUT2D eigenvalue weighted by Gasteiger charge is -2.19. The van der Waals surface area contributed by atoms with Gasteiger partial charge in [-0.3, -0.25) is 0 Å². The van der Waals surface area contributed by atoms with Gasteiger partial charge < -0.3 is 10.1 Å². The lowest BCUT2D eigenvalue weighted by atomic mass is 10.0. The van der Waals surface area contributed by atoms with E-state index in [0.29, 0.717) is 0 Å². The summed E-state index contributed by atoms with van der Waals surface area (Å²) in [5, 5.41) is 6.36. The molecule has 1 aromatic carbocycles. The minimum atomic E-state index is 0.216. The first-order valence-electron chi connectivity index (χ1n) is 6.44. The minimum Gasteiger partial charge on any atom is -0.496 e. The molecule has 0 aliphatic heterocycles. The van der Waals surface area contributed by atoms with E-state index in [2.05, 4.69) is 39.6 Å². The monoisotopic (exact) mass is 373 g/mol. The molecular formula is C15H17BrClNOS. The summed E-state index contributed by atoms with van der Waals surface area (Å²) in [6.07, 6.45) is 0.844. The Balaban J connectivity index is 2.25. The third kappa shape index (κ3) is 3.76. The van der Waals surface area contributed by atoms with Gasteiger partial charge >= 0.3 is 0 Å². The first kappa shape index (κ1) is 15.8. The normalized spacial score (nSPS) is 12.4. The van der Waals surface area contributed by atoms with E-state index in [-0.39, 0.29) is 6.04 Å². The molecule has 0 fully saturated rings. The van der Waals surface area contributed by atoms with Crippen molar-refractivity contribution < 1.29 is 4.74 Å². The van der Waals surface area contributed by atoms with E-state index in [1.165, 1.54) is 4.88 Å². The third-order valence-corrected chi connectivity index (χ3v) is 4.94. The van der Waals surface area contributed by atoms with E-state index in [1.54, 1.807) is 18.4 Å². The van der Waals surface area contributed by atoms with Crippen molar-refractivity contribution in [1.29, 1.82) is 0 Å². The zero-order valence-electron chi connectivity index (χ0n) is 11.5. The van der Waals surface area contributed by atoms with Gasteiger partial charge in [-0.15, -0.1) is 11.3 Å². The Hall–Kier alpha value is -0.550. The van der Waals surface area contributed by atoms with Crippen LogP contribution in [0, 0.1) is 0 Å². The molecule has 1 aromatic heterocycles. The number of halogens is 2. The van der Waals surface area contributed by atoms with Gasteiger partial charge in [0.2, 0.25) is 0 Å². The molecule has 0 aliphatic rings. The molecule has 0 aliphatic carbocycles. The van der Waals surface area contributed by atoms with E-state index in [0.717, 1.165) is 33.8 Å². The van der Waals surface area contributed by atoms with E-state index < -0.39 is 0 Å². The van der Waals surface area contributed by atoms with Crippen LogP contribution in [0.5, 0.6) is 5.75 Å². The molecule has 0 saturated carbocycles. The van der Waals surface area contributed by atoms with Crippen LogP contribution in [0.3, 0.4) is 0 Å². The summed E-state index contributed by atoms with van der Waals surface area (Å²) < 4.78 is 6.43. The summed E-state index contributed by atoms with van der Waals surface area (Å²) in [6.45, 7) is 3.01. The van der Waals surface area contributed by atoms with Gasteiger partial charge in [0, 0.05) is 15.5 Å². The second kappa shape index (κ2) is 7.46. The molecule has 0 radical (unpaired) electrons. The van der Waals surface area contributed by atoms with Crippen LogP contribution in [0.15, 0.2) is 34.1 Å². The standard InChI is InChI=1S/C15H17BrClNOS/c1-3-18-13(15-14(19-2)6-7-20-15)8-10-4-5-11(16)9-12(10)17/h4-7,9,13,18H,3,8H2,1-2H3. The second-order valence-corrected chi connectivity index (χ2v) is 6.67. The molecule has 2 rings (SSSR count). The highest BCUT2D eigenvalue weighted by molar-refractivity contribution is 9.10. The molecule has 108 valence electrons. The number of methoxy groups -OCH3 is 1. The van der Waals surface area contributed by atoms with E-state index in [9.17, 15) is 0 Å². The average molecular weight is 375 g/mol. The molecule has 0 amide bonds. The van der Waals surface area contributed by atoms with Crippen LogP contribution >= 0.6 is 38.9 Å². The van der Waals surface area contributed by atoms with Gasteiger partial charge in [-0.05, 0) is 42.1 Å². The first-order chi connectivity index (χ1) is 9.65. The smallest absolute Gasteiger partial charge is 0.134 e. The predicted molar refractivity (Wildman–Crippen MR) is 90.1 cm³/mol. The minimum absolute atomic E-state index is 0.216. The number of thiophene rings is 1. The highest BCUT2D eigenvalue weighted by Gasteiger charge is 2.18. The van der Waals surface area contributed by atoms with Crippen LogP contribution in [0.1, 0.15) is 23.4 Å². The Morgan fingerprint density at radius 1 is 1.40 bits per heavy atom. The number of likely N-dealkylation sites (N-methyl/N-ethyl adjacent to an activating group) is 1. The molecule has 0 bridgehead atoms. The molecule has 2 aromatic rings. The maximum Gasteiger partial charge on any atom is 0.134 e. The lowest BCUT2D eigenvalue weighted by molar-refractivity contribution is 0.403. The van der Waals surface area contributed by atoms with Crippen molar-refractivity contribution in [3.8, 4) is 5.75 Å². The summed E-state index contributed by atoms with van der Waals surface area (Å²) in [6, 6.07) is 8.25. The van der Waals surface area contributed by atoms with Gasteiger partial charge in [0.1, 0.15) is 5.75 Å². The van der Waals surface area contributed by atoms with Crippen LogP contribution < -0.4 is 10.1 Å². The Morgan fingerprint density at radius 3 is 2.85 bits per heavy atom. The van der Waals surface area contributed by atoms with Crippen LogP contribution in [0.25, 0.3) is 0 Å². The van der Waals surface area contributed by atoms with Crippen LogP contribution in [0.4, 0.5) is 0 Å². The molecule has 1 heterocycles. The average Bonchev–Trinajstić information content (AvgIpc) is 2.89. The molecule has 1 unspecified atom stereocenters. The number of nitrogens with one attached hydrogen (secondary N) is 1. The topological polar surface area (TPSA) is 21.3 Å². The van der Waals surface area contributed by atoms with Gasteiger partial charge in [0.15, 0.2) is 0 Å². The zero-order chi connectivity index (χ0) is 14.5. The predicted octanol–water partition coefficient (Wildman–Crippen LogP) is 5.07. The third-order valence-electron chi connectivity index (χ3n) is 3.08. The number of benzene rings is 1.